The van der Waals surface area contributed by atoms with Crippen LogP contribution in [0.5, 0.6) is 5.75 Å². The van der Waals surface area contributed by atoms with Gasteiger partial charge in [-0.3, -0.25) is 0 Å². The van der Waals surface area contributed by atoms with Crippen molar-refractivity contribution in [2.24, 2.45) is 0 Å². The Morgan fingerprint density at radius 1 is 1.17 bits per heavy atom. The molecule has 1 aromatic rings. The highest BCUT2D eigenvalue weighted by atomic mass is 16.3. The second-order valence-corrected chi connectivity index (χ2v) is 4.78. The number of phenols is 1. The molecule has 0 aromatic heterocycles. The highest BCUT2D eigenvalue weighted by Crippen LogP contribution is 2.13. The second kappa shape index (κ2) is 8.11. The fourth-order valence-corrected chi connectivity index (χ4v) is 2.22. The van der Waals surface area contributed by atoms with Crippen LogP contribution < -0.4 is 0 Å². The largest absolute Gasteiger partial charge is 0.508 e. The number of benzene rings is 1. The van der Waals surface area contributed by atoms with Crippen molar-refractivity contribution < 1.29 is 10.2 Å². The lowest BCUT2D eigenvalue weighted by Gasteiger charge is -2.28. The van der Waals surface area contributed by atoms with Crippen LogP contribution in [0.2, 0.25) is 0 Å². The Morgan fingerprint density at radius 3 is 2.39 bits per heavy atom. The highest BCUT2D eigenvalue weighted by Gasteiger charge is 2.12. The van der Waals surface area contributed by atoms with Gasteiger partial charge in [-0.15, -0.1) is 0 Å². The van der Waals surface area contributed by atoms with Crippen LogP contribution in [-0.2, 0) is 6.42 Å². The van der Waals surface area contributed by atoms with Gasteiger partial charge in [-0.1, -0.05) is 19.1 Å². The van der Waals surface area contributed by atoms with Gasteiger partial charge in [0.1, 0.15) is 5.75 Å². The lowest BCUT2D eigenvalue weighted by Crippen LogP contribution is -2.35. The molecule has 0 spiro atoms. The second-order valence-electron chi connectivity index (χ2n) is 4.78. The van der Waals surface area contributed by atoms with Crippen molar-refractivity contribution in [3.63, 3.8) is 0 Å². The van der Waals surface area contributed by atoms with Crippen molar-refractivity contribution in [3.05, 3.63) is 29.8 Å². The molecular weight excluding hydrogens is 226 g/mol. The molecule has 0 radical (unpaired) electrons. The summed E-state index contributed by atoms with van der Waals surface area (Å²) >= 11 is 0. The SMILES string of the molecule is CCN(CCCCO)[C@@H](C)Cc1ccc(O)cc1. The minimum absolute atomic E-state index is 0.282. The van der Waals surface area contributed by atoms with Crippen LogP contribution in [0.4, 0.5) is 0 Å². The third-order valence-corrected chi connectivity index (χ3v) is 3.35. The lowest BCUT2D eigenvalue weighted by molar-refractivity contribution is 0.203. The number of hydrogen-bond donors (Lipinski definition) is 2. The molecule has 0 aliphatic carbocycles. The van der Waals surface area contributed by atoms with E-state index in [2.05, 4.69) is 18.7 Å². The normalized spacial score (nSPS) is 12.9. The Morgan fingerprint density at radius 2 is 1.83 bits per heavy atom. The lowest BCUT2D eigenvalue weighted by atomic mass is 10.1. The summed E-state index contributed by atoms with van der Waals surface area (Å²) < 4.78 is 0. The van der Waals surface area contributed by atoms with Gasteiger partial charge in [0.15, 0.2) is 0 Å². The van der Waals surface area contributed by atoms with E-state index in [-0.39, 0.29) is 6.61 Å². The summed E-state index contributed by atoms with van der Waals surface area (Å²) in [5.74, 6) is 0.321. The molecule has 18 heavy (non-hydrogen) atoms. The zero-order valence-corrected chi connectivity index (χ0v) is 11.5. The van der Waals surface area contributed by atoms with Gasteiger partial charge in [0.05, 0.1) is 0 Å². The summed E-state index contributed by atoms with van der Waals surface area (Å²) in [7, 11) is 0. The first-order valence-corrected chi connectivity index (χ1v) is 6.80. The molecule has 2 N–H and O–H groups in total. The maximum absolute atomic E-state index is 9.26. The number of hydrogen-bond acceptors (Lipinski definition) is 3. The standard InChI is InChI=1S/C15H25NO2/c1-3-16(10-4-5-11-17)13(2)12-14-6-8-15(18)9-7-14/h6-9,13,17-18H,3-5,10-12H2,1-2H3/t13-/m0/s1. The number of rotatable bonds is 8. The number of aliphatic hydroxyl groups is 1. The van der Waals surface area contributed by atoms with E-state index in [0.717, 1.165) is 32.4 Å². The number of aromatic hydroxyl groups is 1. The van der Waals surface area contributed by atoms with Crippen LogP contribution in [0.15, 0.2) is 24.3 Å². The van der Waals surface area contributed by atoms with E-state index < -0.39 is 0 Å². The fraction of sp³-hybridized carbons (Fsp3) is 0.600. The molecule has 1 rings (SSSR count). The molecule has 1 aromatic carbocycles. The smallest absolute Gasteiger partial charge is 0.115 e. The van der Waals surface area contributed by atoms with Crippen molar-refractivity contribution in [1.29, 1.82) is 0 Å². The van der Waals surface area contributed by atoms with E-state index in [1.54, 1.807) is 12.1 Å². The van der Waals surface area contributed by atoms with Crippen LogP contribution in [0, 0.1) is 0 Å². The number of aliphatic hydroxyl groups excluding tert-OH is 1. The Hall–Kier alpha value is -1.06. The fourth-order valence-electron chi connectivity index (χ4n) is 2.22. The molecule has 0 heterocycles. The van der Waals surface area contributed by atoms with Gasteiger partial charge in [0.2, 0.25) is 0 Å². The molecular formula is C15H25NO2. The predicted octanol–water partition coefficient (Wildman–Crippen LogP) is 2.42. The Balaban J connectivity index is 2.45. The van der Waals surface area contributed by atoms with Gasteiger partial charge in [0.25, 0.3) is 0 Å². The molecule has 3 nitrogen and oxygen atoms in total. The Bertz CT molecular complexity index is 324. The summed E-state index contributed by atoms with van der Waals surface area (Å²) in [5.41, 5.74) is 1.25. The summed E-state index contributed by atoms with van der Waals surface area (Å²) in [6, 6.07) is 7.92. The number of nitrogens with zero attached hydrogens (tertiary/aromatic N) is 1. The van der Waals surface area contributed by atoms with E-state index >= 15 is 0 Å². The molecule has 0 unspecified atom stereocenters. The van der Waals surface area contributed by atoms with E-state index in [9.17, 15) is 5.11 Å². The monoisotopic (exact) mass is 251 g/mol. The molecule has 0 bridgehead atoms. The van der Waals surface area contributed by atoms with Crippen molar-refractivity contribution >= 4 is 0 Å². The van der Waals surface area contributed by atoms with Crippen molar-refractivity contribution in [2.45, 2.75) is 39.2 Å². The summed E-state index contributed by atoms with van der Waals surface area (Å²) in [6.45, 7) is 6.76. The first-order chi connectivity index (χ1) is 8.67. The zero-order chi connectivity index (χ0) is 13.4. The topological polar surface area (TPSA) is 43.7 Å². The van der Waals surface area contributed by atoms with Gasteiger partial charge in [-0.2, -0.15) is 0 Å². The van der Waals surface area contributed by atoms with E-state index in [1.165, 1.54) is 5.56 Å². The number of unbranched alkanes of at least 4 members (excludes halogenated alkanes) is 1. The van der Waals surface area contributed by atoms with Crippen LogP contribution >= 0.6 is 0 Å². The molecule has 0 amide bonds. The highest BCUT2D eigenvalue weighted by molar-refractivity contribution is 5.26. The maximum Gasteiger partial charge on any atom is 0.115 e. The zero-order valence-electron chi connectivity index (χ0n) is 11.5. The van der Waals surface area contributed by atoms with Gasteiger partial charge >= 0.3 is 0 Å². The van der Waals surface area contributed by atoms with E-state index in [1.807, 2.05) is 12.1 Å². The summed E-state index contributed by atoms with van der Waals surface area (Å²) in [4.78, 5) is 2.43. The average Bonchev–Trinajstić information content (AvgIpc) is 2.37. The molecule has 0 fully saturated rings. The predicted molar refractivity (Wildman–Crippen MR) is 74.8 cm³/mol. The molecule has 0 saturated carbocycles. The van der Waals surface area contributed by atoms with E-state index in [4.69, 9.17) is 5.11 Å². The first kappa shape index (κ1) is 15.0. The quantitative estimate of drug-likeness (QED) is 0.697. The van der Waals surface area contributed by atoms with Crippen LogP contribution in [0.25, 0.3) is 0 Å². The van der Waals surface area contributed by atoms with Gasteiger partial charge in [-0.05, 0) is 57.0 Å². The maximum atomic E-state index is 9.26. The number of phenolic OH excluding ortho intramolecular Hbond substituents is 1. The molecule has 0 aliphatic heterocycles. The molecule has 3 heteroatoms. The number of likely N-dealkylation sites (N-methyl/N-ethyl adjacent to an activating group) is 1. The van der Waals surface area contributed by atoms with Gasteiger partial charge in [0, 0.05) is 12.6 Å². The molecule has 1 atom stereocenters. The van der Waals surface area contributed by atoms with Gasteiger partial charge < -0.3 is 15.1 Å². The van der Waals surface area contributed by atoms with Gasteiger partial charge in [-0.25, -0.2) is 0 Å². The first-order valence-electron chi connectivity index (χ1n) is 6.80. The van der Waals surface area contributed by atoms with Crippen LogP contribution in [-0.4, -0.2) is 40.9 Å². The molecule has 102 valence electrons. The average molecular weight is 251 g/mol. The molecule has 0 aliphatic rings. The summed E-state index contributed by atoms with van der Waals surface area (Å²) in [5, 5.41) is 18.1. The Labute approximate surface area is 110 Å². The molecule has 0 saturated heterocycles. The minimum Gasteiger partial charge on any atom is -0.508 e. The minimum atomic E-state index is 0.282. The van der Waals surface area contributed by atoms with Crippen LogP contribution in [0.3, 0.4) is 0 Å². The van der Waals surface area contributed by atoms with E-state index in [0.29, 0.717) is 11.8 Å². The van der Waals surface area contributed by atoms with Crippen molar-refractivity contribution in [3.8, 4) is 5.75 Å². The van der Waals surface area contributed by atoms with Crippen molar-refractivity contribution in [1.82, 2.24) is 4.90 Å². The Kier molecular flexibility index (Phi) is 6.76. The van der Waals surface area contributed by atoms with Crippen LogP contribution in [0.1, 0.15) is 32.3 Å². The third kappa shape index (κ3) is 5.07. The summed E-state index contributed by atoms with van der Waals surface area (Å²) in [6.07, 6.45) is 2.92. The third-order valence-electron chi connectivity index (χ3n) is 3.35. The van der Waals surface area contributed by atoms with Crippen molar-refractivity contribution in [2.75, 3.05) is 19.7 Å².